The zero-order chi connectivity index (χ0) is 21.7. The molecular formula is C28H47NO. The number of allylic oxidation sites excluding steroid dienone is 1. The smallest absolute Gasteiger partial charge is 0.0578 e. The molecule has 0 aromatic rings. The lowest BCUT2D eigenvalue weighted by Crippen LogP contribution is -2.53. The van der Waals surface area contributed by atoms with E-state index in [1.54, 1.807) is 0 Å². The van der Waals surface area contributed by atoms with E-state index in [2.05, 4.69) is 40.7 Å². The second kappa shape index (κ2) is 8.38. The maximum atomic E-state index is 10.3. The number of aliphatic hydroxyl groups is 1. The Morgan fingerprint density at radius 3 is 2.50 bits per heavy atom. The summed E-state index contributed by atoms with van der Waals surface area (Å²) in [5.74, 6) is 4.75. The summed E-state index contributed by atoms with van der Waals surface area (Å²) < 4.78 is 0. The van der Waals surface area contributed by atoms with Gasteiger partial charge in [-0.3, -0.25) is 4.99 Å². The highest BCUT2D eigenvalue weighted by Gasteiger charge is 2.60. The number of hydrogen-bond donors (Lipinski definition) is 1. The number of hydrogen-bond acceptors (Lipinski definition) is 2. The van der Waals surface area contributed by atoms with Crippen LogP contribution < -0.4 is 0 Å². The fourth-order valence-electron chi connectivity index (χ4n) is 8.64. The third-order valence-corrected chi connectivity index (χ3v) is 10.4. The molecule has 2 heteroatoms. The van der Waals surface area contributed by atoms with Crippen LogP contribution in [0.25, 0.3) is 0 Å². The van der Waals surface area contributed by atoms with Crippen LogP contribution in [0.1, 0.15) is 98.8 Å². The first-order chi connectivity index (χ1) is 14.2. The van der Waals surface area contributed by atoms with E-state index in [9.17, 15) is 5.11 Å². The van der Waals surface area contributed by atoms with E-state index in [0.717, 1.165) is 48.9 Å². The first kappa shape index (κ1) is 22.6. The van der Waals surface area contributed by atoms with Gasteiger partial charge in [0.1, 0.15) is 0 Å². The summed E-state index contributed by atoms with van der Waals surface area (Å²) in [4.78, 5) is 4.87. The van der Waals surface area contributed by atoms with Gasteiger partial charge in [-0.25, -0.2) is 0 Å². The number of aliphatic imine (C=N–C) groups is 1. The quantitative estimate of drug-likeness (QED) is 0.513. The fourth-order valence-corrected chi connectivity index (χ4v) is 8.64. The van der Waals surface area contributed by atoms with Gasteiger partial charge >= 0.3 is 0 Å². The molecule has 0 saturated heterocycles. The number of fused-ring (bicyclic) bond motifs is 5. The van der Waals surface area contributed by atoms with Gasteiger partial charge in [0.2, 0.25) is 0 Å². The van der Waals surface area contributed by atoms with Gasteiger partial charge in [0.15, 0.2) is 0 Å². The van der Waals surface area contributed by atoms with Crippen molar-refractivity contribution in [2.75, 3.05) is 7.05 Å². The Balaban J connectivity index is 1.58. The zero-order valence-electron chi connectivity index (χ0n) is 20.6. The molecule has 4 rings (SSSR count). The van der Waals surface area contributed by atoms with Gasteiger partial charge in [-0.15, -0.1) is 0 Å². The molecule has 170 valence electrons. The number of rotatable bonds is 5. The lowest BCUT2D eigenvalue weighted by atomic mass is 9.46. The van der Waals surface area contributed by atoms with E-state index in [4.69, 9.17) is 4.99 Å². The molecule has 0 radical (unpaired) electrons. The Morgan fingerprint density at radius 2 is 1.80 bits per heavy atom. The van der Waals surface area contributed by atoms with Crippen LogP contribution >= 0.6 is 0 Å². The monoisotopic (exact) mass is 413 g/mol. The SMILES string of the molecule is CN=C1C=C2C[C@@H](O)CC[C@]2(C)C2CC[C@@]3(C)C(CC[C@@H]3[C@H](C)CCCC(C)C)C12. The summed E-state index contributed by atoms with van der Waals surface area (Å²) in [5, 5.41) is 10.3. The van der Waals surface area contributed by atoms with Crippen LogP contribution in [0.5, 0.6) is 0 Å². The molecule has 8 atom stereocenters. The molecule has 1 N–H and O–H groups in total. The number of nitrogens with zero attached hydrogens (tertiary/aromatic N) is 1. The minimum absolute atomic E-state index is 0.143. The Labute approximate surface area is 186 Å². The van der Waals surface area contributed by atoms with Gasteiger partial charge in [-0.05, 0) is 91.4 Å². The van der Waals surface area contributed by atoms with E-state index < -0.39 is 0 Å². The molecular weight excluding hydrogens is 366 g/mol. The van der Waals surface area contributed by atoms with Gasteiger partial charge < -0.3 is 5.11 Å². The highest BCUT2D eigenvalue weighted by Crippen LogP contribution is 2.66. The van der Waals surface area contributed by atoms with Crippen LogP contribution in [-0.2, 0) is 0 Å². The van der Waals surface area contributed by atoms with Crippen LogP contribution in [0.3, 0.4) is 0 Å². The fraction of sp³-hybridized carbons (Fsp3) is 0.893. The molecule has 0 spiro atoms. The normalized spacial score (nSPS) is 45.7. The third kappa shape index (κ3) is 3.63. The average Bonchev–Trinajstić information content (AvgIpc) is 3.05. The molecule has 3 unspecified atom stereocenters. The Morgan fingerprint density at radius 1 is 1.03 bits per heavy atom. The average molecular weight is 414 g/mol. The van der Waals surface area contributed by atoms with Crippen molar-refractivity contribution < 1.29 is 5.11 Å². The van der Waals surface area contributed by atoms with Gasteiger partial charge in [0, 0.05) is 18.7 Å². The first-order valence-corrected chi connectivity index (χ1v) is 13.1. The molecule has 3 saturated carbocycles. The van der Waals surface area contributed by atoms with E-state index in [1.165, 1.54) is 56.2 Å². The van der Waals surface area contributed by atoms with Crippen molar-refractivity contribution in [2.24, 2.45) is 51.3 Å². The molecule has 0 aromatic carbocycles. The highest BCUT2D eigenvalue weighted by molar-refractivity contribution is 5.99. The van der Waals surface area contributed by atoms with Crippen LogP contribution in [0.4, 0.5) is 0 Å². The van der Waals surface area contributed by atoms with Crippen molar-refractivity contribution in [1.82, 2.24) is 0 Å². The van der Waals surface area contributed by atoms with E-state index >= 15 is 0 Å². The molecule has 2 nitrogen and oxygen atoms in total. The first-order valence-electron chi connectivity index (χ1n) is 13.1. The maximum Gasteiger partial charge on any atom is 0.0578 e. The molecule has 0 aromatic heterocycles. The van der Waals surface area contributed by atoms with Crippen molar-refractivity contribution in [1.29, 1.82) is 0 Å². The van der Waals surface area contributed by atoms with Crippen LogP contribution in [-0.4, -0.2) is 24.0 Å². The van der Waals surface area contributed by atoms with Crippen molar-refractivity contribution >= 4 is 5.71 Å². The summed E-state index contributed by atoms with van der Waals surface area (Å²) in [5.41, 5.74) is 3.65. The van der Waals surface area contributed by atoms with E-state index in [0.29, 0.717) is 16.7 Å². The summed E-state index contributed by atoms with van der Waals surface area (Å²) in [6.45, 7) is 12.5. The minimum Gasteiger partial charge on any atom is -0.393 e. The number of aliphatic hydroxyl groups excluding tert-OH is 1. The summed E-state index contributed by atoms with van der Waals surface area (Å²) in [6, 6.07) is 0. The zero-order valence-corrected chi connectivity index (χ0v) is 20.6. The van der Waals surface area contributed by atoms with Crippen molar-refractivity contribution in [3.63, 3.8) is 0 Å². The van der Waals surface area contributed by atoms with Gasteiger partial charge in [0.05, 0.1) is 6.10 Å². The highest BCUT2D eigenvalue weighted by atomic mass is 16.3. The summed E-state index contributed by atoms with van der Waals surface area (Å²) >= 11 is 0. The summed E-state index contributed by atoms with van der Waals surface area (Å²) in [6.07, 6.45) is 15.1. The van der Waals surface area contributed by atoms with Crippen molar-refractivity contribution in [3.8, 4) is 0 Å². The summed E-state index contributed by atoms with van der Waals surface area (Å²) in [7, 11) is 2.01. The maximum absolute atomic E-state index is 10.3. The van der Waals surface area contributed by atoms with Crippen LogP contribution in [0, 0.1) is 46.3 Å². The molecule has 0 bridgehead atoms. The largest absolute Gasteiger partial charge is 0.393 e. The van der Waals surface area contributed by atoms with Crippen molar-refractivity contribution in [2.45, 2.75) is 105 Å². The molecule has 4 aliphatic rings. The van der Waals surface area contributed by atoms with Gasteiger partial charge in [-0.2, -0.15) is 0 Å². The van der Waals surface area contributed by atoms with Gasteiger partial charge in [-0.1, -0.05) is 59.5 Å². The Hall–Kier alpha value is -0.630. The second-order valence-electron chi connectivity index (χ2n) is 12.4. The molecule has 0 aliphatic heterocycles. The van der Waals surface area contributed by atoms with Crippen molar-refractivity contribution in [3.05, 3.63) is 11.6 Å². The molecule has 4 aliphatic carbocycles. The molecule has 3 fully saturated rings. The second-order valence-corrected chi connectivity index (χ2v) is 12.4. The third-order valence-electron chi connectivity index (χ3n) is 10.4. The Bertz CT molecular complexity index is 693. The topological polar surface area (TPSA) is 32.6 Å². The Kier molecular flexibility index (Phi) is 6.30. The lowest BCUT2D eigenvalue weighted by Gasteiger charge is -2.58. The standard InChI is InChI=1S/C28H47NO/c1-18(2)8-7-9-19(3)22-10-11-23-26-24(13-15-28(22,23)5)27(4)14-12-21(30)16-20(27)17-25(26)29-6/h17-19,21-24,26,30H,7-16H2,1-6H3/t19-,21+,22-,23?,24?,26?,27+,28-/m1/s1. The minimum atomic E-state index is -0.143. The van der Waals surface area contributed by atoms with E-state index in [-0.39, 0.29) is 6.10 Å². The van der Waals surface area contributed by atoms with Crippen LogP contribution in [0.2, 0.25) is 0 Å². The van der Waals surface area contributed by atoms with E-state index in [1.807, 2.05) is 7.05 Å². The van der Waals surface area contributed by atoms with Gasteiger partial charge in [0.25, 0.3) is 0 Å². The molecule has 0 amide bonds. The predicted molar refractivity (Wildman–Crippen MR) is 128 cm³/mol. The van der Waals surface area contributed by atoms with Crippen LogP contribution in [0.15, 0.2) is 16.6 Å². The molecule has 0 heterocycles. The molecule has 30 heavy (non-hydrogen) atoms. The lowest BCUT2D eigenvalue weighted by molar-refractivity contribution is -0.0301. The predicted octanol–water partition coefficient (Wildman–Crippen LogP) is 7.07.